The van der Waals surface area contributed by atoms with E-state index in [4.69, 9.17) is 4.74 Å². The normalized spacial score (nSPS) is 10.2. The first-order valence-electron chi connectivity index (χ1n) is 7.86. The van der Waals surface area contributed by atoms with Gasteiger partial charge < -0.3 is 4.74 Å². The lowest BCUT2D eigenvalue weighted by Gasteiger charge is -2.09. The van der Waals surface area contributed by atoms with Crippen LogP contribution < -0.4 is 15.6 Å². The number of ether oxygens (including phenoxy) is 1. The van der Waals surface area contributed by atoms with Crippen LogP contribution in [0, 0.1) is 10.1 Å². The zero-order valence-corrected chi connectivity index (χ0v) is 13.9. The van der Waals surface area contributed by atoms with Crippen LogP contribution in [0.15, 0.2) is 60.7 Å². The molecular weight excluding hydrogens is 352 g/mol. The molecule has 0 bridgehead atoms. The third-order valence-electron chi connectivity index (χ3n) is 3.57. The van der Waals surface area contributed by atoms with Crippen LogP contribution in [0.5, 0.6) is 5.75 Å². The van der Waals surface area contributed by atoms with Crippen molar-refractivity contribution in [3.63, 3.8) is 0 Å². The van der Waals surface area contributed by atoms with E-state index in [1.54, 1.807) is 24.3 Å². The number of rotatable bonds is 5. The molecule has 1 aromatic heterocycles. The van der Waals surface area contributed by atoms with Gasteiger partial charge in [-0.25, -0.2) is 4.98 Å². The van der Waals surface area contributed by atoms with E-state index in [1.165, 1.54) is 24.3 Å². The van der Waals surface area contributed by atoms with Crippen molar-refractivity contribution in [3.8, 4) is 5.75 Å². The highest BCUT2D eigenvalue weighted by molar-refractivity contribution is 5.96. The average molecular weight is 366 g/mol. The van der Waals surface area contributed by atoms with Crippen molar-refractivity contribution in [3.05, 3.63) is 76.5 Å². The highest BCUT2D eigenvalue weighted by Gasteiger charge is 2.15. The fourth-order valence-electron chi connectivity index (χ4n) is 2.29. The summed E-state index contributed by atoms with van der Waals surface area (Å²) in [5.74, 6) is -1.32. The summed E-state index contributed by atoms with van der Waals surface area (Å²) in [4.78, 5) is 38.4. The second-order valence-corrected chi connectivity index (χ2v) is 5.41. The summed E-state index contributed by atoms with van der Waals surface area (Å²) in [6.07, 6.45) is 0. The summed E-state index contributed by atoms with van der Waals surface area (Å²) >= 11 is 0. The Morgan fingerprint density at radius 3 is 2.56 bits per heavy atom. The predicted molar refractivity (Wildman–Crippen MR) is 95.9 cm³/mol. The Hall–Kier alpha value is -4.01. The highest BCUT2D eigenvalue weighted by Crippen LogP contribution is 2.25. The summed E-state index contributed by atoms with van der Waals surface area (Å²) in [6.45, 7) is -0.504. The van der Waals surface area contributed by atoms with Crippen molar-refractivity contribution in [2.75, 3.05) is 6.61 Å². The largest absolute Gasteiger partial charge is 0.477 e. The number of nitro groups is 1. The van der Waals surface area contributed by atoms with Gasteiger partial charge in [0, 0.05) is 11.5 Å². The Bertz CT molecular complexity index is 1020. The van der Waals surface area contributed by atoms with Gasteiger partial charge in [-0.3, -0.25) is 30.6 Å². The number of hydrogen-bond acceptors (Lipinski definition) is 6. The first-order chi connectivity index (χ1) is 13.0. The zero-order valence-electron chi connectivity index (χ0n) is 13.9. The number of carbonyl (C=O) groups is 2. The van der Waals surface area contributed by atoms with Gasteiger partial charge in [-0.1, -0.05) is 36.4 Å². The van der Waals surface area contributed by atoms with Crippen LogP contribution in [-0.2, 0) is 4.79 Å². The van der Waals surface area contributed by atoms with Gasteiger partial charge in [0.1, 0.15) is 5.69 Å². The predicted octanol–water partition coefficient (Wildman–Crippen LogP) is 1.98. The number of nitro benzene ring substituents is 1. The van der Waals surface area contributed by atoms with Gasteiger partial charge in [-0.05, 0) is 18.2 Å². The number of nitrogens with zero attached hydrogens (tertiary/aromatic N) is 2. The summed E-state index contributed by atoms with van der Waals surface area (Å²) in [5.41, 5.74) is 4.92. The topological polar surface area (TPSA) is 123 Å². The second-order valence-electron chi connectivity index (χ2n) is 5.41. The molecule has 0 unspecified atom stereocenters. The number of fused-ring (bicyclic) bond motifs is 1. The lowest BCUT2D eigenvalue weighted by molar-refractivity contribution is -0.385. The monoisotopic (exact) mass is 366 g/mol. The first kappa shape index (κ1) is 17.8. The minimum Gasteiger partial charge on any atom is -0.477 e. The molecule has 0 saturated heterocycles. The van der Waals surface area contributed by atoms with Crippen LogP contribution in [0.25, 0.3) is 10.9 Å². The van der Waals surface area contributed by atoms with Crippen molar-refractivity contribution >= 4 is 28.4 Å². The average Bonchev–Trinajstić information content (AvgIpc) is 2.70. The Labute approximate surface area is 153 Å². The molecule has 2 aromatic carbocycles. The number of hydrazine groups is 1. The van der Waals surface area contributed by atoms with Gasteiger partial charge in [0.15, 0.2) is 12.4 Å². The van der Waals surface area contributed by atoms with E-state index in [1.807, 2.05) is 12.1 Å². The number of aromatic nitrogens is 1. The van der Waals surface area contributed by atoms with E-state index in [0.717, 1.165) is 5.39 Å². The first-order valence-corrected chi connectivity index (χ1v) is 7.86. The Morgan fingerprint density at radius 1 is 1.00 bits per heavy atom. The third kappa shape index (κ3) is 4.34. The van der Waals surface area contributed by atoms with Gasteiger partial charge in [-0.2, -0.15) is 0 Å². The molecule has 9 heteroatoms. The van der Waals surface area contributed by atoms with Crippen molar-refractivity contribution in [1.29, 1.82) is 0 Å². The maximum atomic E-state index is 12.1. The third-order valence-corrected chi connectivity index (χ3v) is 3.57. The fourth-order valence-corrected chi connectivity index (χ4v) is 2.29. The number of nitrogens with one attached hydrogen (secondary N) is 2. The summed E-state index contributed by atoms with van der Waals surface area (Å²) in [7, 11) is 0. The summed E-state index contributed by atoms with van der Waals surface area (Å²) in [6, 6.07) is 16.3. The van der Waals surface area contributed by atoms with Crippen molar-refractivity contribution < 1.29 is 19.2 Å². The zero-order chi connectivity index (χ0) is 19.2. The smallest absolute Gasteiger partial charge is 0.310 e. The lowest BCUT2D eigenvalue weighted by Crippen LogP contribution is -2.44. The number of para-hydroxylation sites is 3. The van der Waals surface area contributed by atoms with E-state index in [9.17, 15) is 19.7 Å². The lowest BCUT2D eigenvalue weighted by atomic mass is 10.2. The number of hydrogen-bond donors (Lipinski definition) is 2. The Morgan fingerprint density at radius 2 is 1.74 bits per heavy atom. The van der Waals surface area contributed by atoms with Crippen molar-refractivity contribution in [2.24, 2.45) is 0 Å². The molecule has 2 amide bonds. The van der Waals surface area contributed by atoms with E-state index in [2.05, 4.69) is 15.8 Å². The Balaban J connectivity index is 1.55. The van der Waals surface area contributed by atoms with Crippen LogP contribution in [0.2, 0.25) is 0 Å². The number of carbonyl (C=O) groups excluding carboxylic acids is 2. The van der Waals surface area contributed by atoms with Gasteiger partial charge in [0.25, 0.3) is 11.8 Å². The molecule has 0 saturated carbocycles. The summed E-state index contributed by atoms with van der Waals surface area (Å²) < 4.78 is 5.14. The Kier molecular flexibility index (Phi) is 5.22. The van der Waals surface area contributed by atoms with E-state index in [-0.39, 0.29) is 17.1 Å². The van der Waals surface area contributed by atoms with E-state index in [0.29, 0.717) is 5.52 Å². The molecule has 3 rings (SSSR count). The van der Waals surface area contributed by atoms with Gasteiger partial charge in [-0.15, -0.1) is 0 Å². The molecule has 0 aliphatic heterocycles. The van der Waals surface area contributed by atoms with Gasteiger partial charge in [0.2, 0.25) is 0 Å². The standard InChI is InChI=1S/C18H14N4O5/c23-17(11-27-16-8-4-3-7-15(16)22(25)26)20-21-18(24)14-10-9-12-5-1-2-6-13(12)19-14/h1-10H,11H2,(H,20,23)(H,21,24). The van der Waals surface area contributed by atoms with Crippen LogP contribution in [-0.4, -0.2) is 28.3 Å². The molecule has 27 heavy (non-hydrogen) atoms. The molecule has 0 radical (unpaired) electrons. The number of amides is 2. The molecule has 136 valence electrons. The van der Waals surface area contributed by atoms with Crippen molar-refractivity contribution in [1.82, 2.24) is 15.8 Å². The van der Waals surface area contributed by atoms with E-state index < -0.39 is 23.3 Å². The molecule has 9 nitrogen and oxygen atoms in total. The molecular formula is C18H14N4O5. The highest BCUT2D eigenvalue weighted by atomic mass is 16.6. The molecule has 2 N–H and O–H groups in total. The maximum Gasteiger partial charge on any atom is 0.310 e. The minimum absolute atomic E-state index is 0.0415. The van der Waals surface area contributed by atoms with Crippen molar-refractivity contribution in [2.45, 2.75) is 0 Å². The van der Waals surface area contributed by atoms with Gasteiger partial charge in [0.05, 0.1) is 10.4 Å². The van der Waals surface area contributed by atoms with Crippen LogP contribution >= 0.6 is 0 Å². The number of benzene rings is 2. The molecule has 0 aliphatic rings. The minimum atomic E-state index is -0.678. The molecule has 0 fully saturated rings. The maximum absolute atomic E-state index is 12.1. The number of pyridine rings is 1. The SMILES string of the molecule is O=C(COc1ccccc1[N+](=O)[O-])NNC(=O)c1ccc2ccccc2n1. The summed E-state index contributed by atoms with van der Waals surface area (Å²) in [5, 5.41) is 11.8. The molecule has 0 atom stereocenters. The molecule has 1 heterocycles. The molecule has 3 aromatic rings. The fraction of sp³-hybridized carbons (Fsp3) is 0.0556. The molecule has 0 spiro atoms. The van der Waals surface area contributed by atoms with E-state index >= 15 is 0 Å². The molecule has 0 aliphatic carbocycles. The second kappa shape index (κ2) is 7.91. The van der Waals surface area contributed by atoms with Crippen LogP contribution in [0.3, 0.4) is 0 Å². The van der Waals surface area contributed by atoms with Crippen LogP contribution in [0.4, 0.5) is 5.69 Å². The quantitative estimate of drug-likeness (QED) is 0.526. The van der Waals surface area contributed by atoms with Crippen LogP contribution in [0.1, 0.15) is 10.5 Å². The van der Waals surface area contributed by atoms with Gasteiger partial charge >= 0.3 is 5.69 Å².